The number of H-pyrrole nitrogens is 1. The number of imidazole rings is 1. The normalized spacial score (nSPS) is 11.8. The lowest BCUT2D eigenvalue weighted by atomic mass is 10.1. The van der Waals surface area contributed by atoms with Crippen molar-refractivity contribution in [2.45, 2.75) is 33.7 Å². The van der Waals surface area contributed by atoms with E-state index in [1.807, 2.05) is 35.8 Å². The third kappa shape index (κ3) is 3.12. The molecule has 0 saturated carbocycles. The van der Waals surface area contributed by atoms with Crippen LogP contribution in [0.25, 0.3) is 28.3 Å². The second-order valence-electron chi connectivity index (χ2n) is 7.44. The third-order valence-electron chi connectivity index (χ3n) is 4.99. The summed E-state index contributed by atoms with van der Waals surface area (Å²) in [6, 6.07) is 7.52. The third-order valence-corrected chi connectivity index (χ3v) is 4.99. The first-order valence-electron chi connectivity index (χ1n) is 9.72. The van der Waals surface area contributed by atoms with Crippen LogP contribution in [0.5, 0.6) is 5.75 Å². The fraction of sp³-hybridized carbons (Fsp3) is 0.400. The Kier molecular flexibility index (Phi) is 4.73. The van der Waals surface area contributed by atoms with Gasteiger partial charge in [0.25, 0.3) is 5.56 Å². The first kappa shape index (κ1) is 19.0. The number of aromatic nitrogens is 6. The molecule has 0 aliphatic carbocycles. The van der Waals surface area contributed by atoms with Gasteiger partial charge in [-0.1, -0.05) is 13.8 Å². The second-order valence-corrected chi connectivity index (χ2v) is 7.44. The second kappa shape index (κ2) is 7.23. The lowest BCUT2D eigenvalue weighted by Crippen LogP contribution is -2.29. The maximum atomic E-state index is 12.7. The molecule has 3 heterocycles. The topological polar surface area (TPSA) is 99.2 Å². The molecule has 0 radical (unpaired) electrons. The molecule has 4 rings (SSSR count). The first-order valence-corrected chi connectivity index (χ1v) is 9.72. The number of ether oxygens (including phenoxy) is 1. The Morgan fingerprint density at radius 1 is 1.14 bits per heavy atom. The number of rotatable bonds is 6. The van der Waals surface area contributed by atoms with Crippen LogP contribution in [-0.2, 0) is 13.6 Å². The minimum Gasteiger partial charge on any atom is -0.494 e. The van der Waals surface area contributed by atoms with E-state index in [9.17, 15) is 9.59 Å². The molecule has 9 nitrogen and oxygen atoms in total. The molecule has 29 heavy (non-hydrogen) atoms. The van der Waals surface area contributed by atoms with Gasteiger partial charge in [-0.2, -0.15) is 0 Å². The highest BCUT2D eigenvalue weighted by molar-refractivity contribution is 5.79. The molecule has 0 fully saturated rings. The van der Waals surface area contributed by atoms with Crippen molar-refractivity contribution in [3.8, 4) is 17.1 Å². The zero-order chi connectivity index (χ0) is 20.7. The molecule has 0 spiro atoms. The van der Waals surface area contributed by atoms with Crippen molar-refractivity contribution < 1.29 is 4.74 Å². The van der Waals surface area contributed by atoms with Gasteiger partial charge in [-0.25, -0.2) is 9.20 Å². The summed E-state index contributed by atoms with van der Waals surface area (Å²) in [7, 11) is 1.63. The maximum Gasteiger partial charge on any atom is 0.329 e. The molecule has 152 valence electrons. The van der Waals surface area contributed by atoms with Gasteiger partial charge in [-0.05, 0) is 43.5 Å². The minimum atomic E-state index is -0.475. The van der Waals surface area contributed by atoms with Crippen LogP contribution in [-0.4, -0.2) is 35.3 Å². The van der Waals surface area contributed by atoms with Gasteiger partial charge in [0.05, 0.1) is 6.61 Å². The monoisotopic (exact) mass is 396 g/mol. The number of hydrogen-bond acceptors (Lipinski definition) is 5. The zero-order valence-electron chi connectivity index (χ0n) is 17.0. The van der Waals surface area contributed by atoms with Crippen LogP contribution < -0.4 is 16.0 Å². The molecule has 0 atom stereocenters. The standard InChI is InChI=1S/C20H24N6O3/c1-5-29-14-8-6-13(7-9-14)16-22-23-19-25(11-10-12(2)3)15-17(27)21-20(28)24(4)18(15)26(16)19/h6-9,12H,5,10-11H2,1-4H3,(H,21,27,28). The molecule has 4 aromatic rings. The Labute approximate surface area is 166 Å². The SMILES string of the molecule is CCOc1ccc(-c2nnc3n(CCC(C)C)c4c(=O)[nH]c(=O)n(C)c4n23)cc1. The van der Waals surface area contributed by atoms with Crippen LogP contribution in [0.3, 0.4) is 0 Å². The summed E-state index contributed by atoms with van der Waals surface area (Å²) in [5.41, 5.74) is 0.819. The molecule has 0 aliphatic rings. The van der Waals surface area contributed by atoms with Crippen LogP contribution in [0.15, 0.2) is 33.9 Å². The predicted molar refractivity (Wildman–Crippen MR) is 110 cm³/mol. The van der Waals surface area contributed by atoms with Crippen molar-refractivity contribution in [2.75, 3.05) is 6.61 Å². The van der Waals surface area contributed by atoms with E-state index in [2.05, 4.69) is 29.0 Å². The number of hydrogen-bond donors (Lipinski definition) is 1. The van der Waals surface area contributed by atoms with Gasteiger partial charge in [0.2, 0.25) is 5.78 Å². The summed E-state index contributed by atoms with van der Waals surface area (Å²) >= 11 is 0. The molecule has 3 aromatic heterocycles. The van der Waals surface area contributed by atoms with E-state index in [1.165, 1.54) is 4.57 Å². The van der Waals surface area contributed by atoms with Gasteiger partial charge in [0.15, 0.2) is 17.0 Å². The molecule has 1 aromatic carbocycles. The largest absolute Gasteiger partial charge is 0.494 e. The Morgan fingerprint density at radius 2 is 1.86 bits per heavy atom. The number of aryl methyl sites for hydroxylation is 2. The zero-order valence-corrected chi connectivity index (χ0v) is 17.0. The maximum absolute atomic E-state index is 12.7. The fourth-order valence-electron chi connectivity index (χ4n) is 3.49. The summed E-state index contributed by atoms with van der Waals surface area (Å²) in [6.45, 7) is 7.37. The number of aromatic amines is 1. The van der Waals surface area contributed by atoms with Crippen LogP contribution in [0.4, 0.5) is 0 Å². The quantitative estimate of drug-likeness (QED) is 0.539. The van der Waals surface area contributed by atoms with E-state index >= 15 is 0 Å². The summed E-state index contributed by atoms with van der Waals surface area (Å²) in [5, 5.41) is 8.72. The molecular weight excluding hydrogens is 372 g/mol. The van der Waals surface area contributed by atoms with Gasteiger partial charge < -0.3 is 9.30 Å². The van der Waals surface area contributed by atoms with Gasteiger partial charge in [-0.15, -0.1) is 10.2 Å². The number of fused-ring (bicyclic) bond motifs is 3. The molecule has 0 amide bonds. The average Bonchev–Trinajstić information content (AvgIpc) is 3.24. The van der Waals surface area contributed by atoms with Gasteiger partial charge in [0.1, 0.15) is 5.75 Å². The van der Waals surface area contributed by atoms with E-state index in [0.29, 0.717) is 41.8 Å². The van der Waals surface area contributed by atoms with E-state index in [1.54, 1.807) is 11.4 Å². The minimum absolute atomic E-state index is 0.421. The van der Waals surface area contributed by atoms with E-state index in [4.69, 9.17) is 4.74 Å². The highest BCUT2D eigenvalue weighted by Crippen LogP contribution is 2.26. The fourth-order valence-corrected chi connectivity index (χ4v) is 3.49. The summed E-state index contributed by atoms with van der Waals surface area (Å²) < 4.78 is 10.6. The van der Waals surface area contributed by atoms with Crippen LogP contribution >= 0.6 is 0 Å². The molecule has 0 bridgehead atoms. The van der Waals surface area contributed by atoms with Crippen molar-refractivity contribution in [1.82, 2.24) is 28.7 Å². The van der Waals surface area contributed by atoms with Gasteiger partial charge in [0, 0.05) is 19.2 Å². The number of benzene rings is 1. The van der Waals surface area contributed by atoms with Crippen molar-refractivity contribution in [2.24, 2.45) is 13.0 Å². The summed E-state index contributed by atoms with van der Waals surface area (Å²) in [4.78, 5) is 27.4. The highest BCUT2D eigenvalue weighted by Gasteiger charge is 2.22. The van der Waals surface area contributed by atoms with Crippen molar-refractivity contribution in [1.29, 1.82) is 0 Å². The predicted octanol–water partition coefficient (Wildman–Crippen LogP) is 2.18. The lowest BCUT2D eigenvalue weighted by molar-refractivity contribution is 0.340. The summed E-state index contributed by atoms with van der Waals surface area (Å²) in [6.07, 6.45) is 0.868. The average molecular weight is 396 g/mol. The first-order chi connectivity index (χ1) is 13.9. The van der Waals surface area contributed by atoms with Crippen LogP contribution in [0, 0.1) is 5.92 Å². The Morgan fingerprint density at radius 3 is 2.52 bits per heavy atom. The van der Waals surface area contributed by atoms with Gasteiger partial charge >= 0.3 is 5.69 Å². The summed E-state index contributed by atoms with van der Waals surface area (Å²) in [5.74, 6) is 2.32. The number of nitrogens with zero attached hydrogens (tertiary/aromatic N) is 5. The Balaban J connectivity index is 2.01. The van der Waals surface area contributed by atoms with Gasteiger partial charge in [-0.3, -0.25) is 14.3 Å². The van der Waals surface area contributed by atoms with E-state index < -0.39 is 11.2 Å². The van der Waals surface area contributed by atoms with E-state index in [0.717, 1.165) is 17.7 Å². The Hall–Kier alpha value is -3.36. The molecular formula is C20H24N6O3. The molecule has 9 heteroatoms. The smallest absolute Gasteiger partial charge is 0.329 e. The van der Waals surface area contributed by atoms with Crippen LogP contribution in [0.2, 0.25) is 0 Å². The van der Waals surface area contributed by atoms with Crippen molar-refractivity contribution in [3.63, 3.8) is 0 Å². The highest BCUT2D eigenvalue weighted by atomic mass is 16.5. The van der Waals surface area contributed by atoms with Crippen LogP contribution in [0.1, 0.15) is 27.2 Å². The molecule has 0 unspecified atom stereocenters. The Bertz CT molecular complexity index is 1290. The van der Waals surface area contributed by atoms with Crippen molar-refractivity contribution in [3.05, 3.63) is 45.1 Å². The lowest BCUT2D eigenvalue weighted by Gasteiger charge is -2.07. The van der Waals surface area contributed by atoms with E-state index in [-0.39, 0.29) is 0 Å². The molecule has 1 N–H and O–H groups in total. The molecule has 0 aliphatic heterocycles. The van der Waals surface area contributed by atoms with Crippen molar-refractivity contribution >= 4 is 16.9 Å². The molecule has 0 saturated heterocycles. The number of nitrogens with one attached hydrogen (secondary N) is 1.